The lowest BCUT2D eigenvalue weighted by Crippen LogP contribution is -2.06. The van der Waals surface area contributed by atoms with Gasteiger partial charge in [0.1, 0.15) is 5.69 Å². The number of carbonyl (C=O) groups is 1. The Morgan fingerprint density at radius 3 is 2.57 bits per heavy atom. The number of aromatic nitrogens is 1. The molecule has 21 heavy (non-hydrogen) atoms. The highest BCUT2D eigenvalue weighted by Gasteiger charge is 2.16. The van der Waals surface area contributed by atoms with Crippen molar-refractivity contribution in [3.63, 3.8) is 0 Å². The molecule has 2 aromatic carbocycles. The van der Waals surface area contributed by atoms with Gasteiger partial charge in [0.2, 0.25) is 0 Å². The van der Waals surface area contributed by atoms with Crippen LogP contribution in [0.15, 0.2) is 48.5 Å². The predicted octanol–water partition coefficient (Wildman–Crippen LogP) is 4.32. The Hall–Kier alpha value is -2.55. The van der Waals surface area contributed by atoms with Gasteiger partial charge in [0.05, 0.1) is 6.61 Å². The van der Waals surface area contributed by atoms with Crippen molar-refractivity contribution in [1.29, 1.82) is 0 Å². The number of rotatable bonds is 3. The highest BCUT2D eigenvalue weighted by atomic mass is 16.5. The van der Waals surface area contributed by atoms with Crippen molar-refractivity contribution in [3.8, 4) is 11.1 Å². The van der Waals surface area contributed by atoms with E-state index < -0.39 is 0 Å². The number of hydrogen-bond acceptors (Lipinski definition) is 2. The van der Waals surface area contributed by atoms with Gasteiger partial charge in [-0.15, -0.1) is 0 Å². The van der Waals surface area contributed by atoms with E-state index in [1.807, 2.05) is 38.1 Å². The van der Waals surface area contributed by atoms with Crippen molar-refractivity contribution in [2.24, 2.45) is 0 Å². The molecule has 1 heterocycles. The molecule has 3 aromatic rings. The molecule has 0 saturated carbocycles. The van der Waals surface area contributed by atoms with Gasteiger partial charge in [0, 0.05) is 10.9 Å². The quantitative estimate of drug-likeness (QED) is 0.725. The van der Waals surface area contributed by atoms with E-state index in [1.165, 1.54) is 0 Å². The smallest absolute Gasteiger partial charge is 0.355 e. The van der Waals surface area contributed by atoms with Crippen molar-refractivity contribution < 1.29 is 9.53 Å². The molecule has 3 heteroatoms. The second kappa shape index (κ2) is 5.44. The molecule has 0 aliphatic heterocycles. The van der Waals surface area contributed by atoms with Crippen LogP contribution >= 0.6 is 0 Å². The van der Waals surface area contributed by atoms with Crippen molar-refractivity contribution >= 4 is 16.9 Å². The topological polar surface area (TPSA) is 42.1 Å². The Morgan fingerprint density at radius 2 is 1.86 bits per heavy atom. The summed E-state index contributed by atoms with van der Waals surface area (Å²) in [6.07, 6.45) is 0. The van der Waals surface area contributed by atoms with E-state index in [-0.39, 0.29) is 5.97 Å². The van der Waals surface area contributed by atoms with Gasteiger partial charge in [-0.2, -0.15) is 0 Å². The third-order valence-corrected chi connectivity index (χ3v) is 3.64. The molecule has 0 spiro atoms. The molecule has 1 aromatic heterocycles. The fourth-order valence-corrected chi connectivity index (χ4v) is 2.54. The molecule has 0 radical (unpaired) electrons. The van der Waals surface area contributed by atoms with Crippen LogP contribution in [-0.4, -0.2) is 17.6 Å². The first-order valence-corrected chi connectivity index (χ1v) is 7.05. The molecule has 0 bridgehead atoms. The number of nitrogens with one attached hydrogen (secondary N) is 1. The van der Waals surface area contributed by atoms with Crippen LogP contribution in [0.1, 0.15) is 23.0 Å². The van der Waals surface area contributed by atoms with Crippen LogP contribution in [0.5, 0.6) is 0 Å². The summed E-state index contributed by atoms with van der Waals surface area (Å²) in [6, 6.07) is 16.4. The zero-order chi connectivity index (χ0) is 14.8. The Labute approximate surface area is 123 Å². The van der Waals surface area contributed by atoms with Crippen LogP contribution < -0.4 is 0 Å². The van der Waals surface area contributed by atoms with Crippen LogP contribution in [0, 0.1) is 6.92 Å². The Balaban J connectivity index is 2.10. The molecule has 3 rings (SSSR count). The first kappa shape index (κ1) is 13.4. The molecule has 1 N–H and O–H groups in total. The number of esters is 1. The summed E-state index contributed by atoms with van der Waals surface area (Å²) in [5.41, 5.74) is 4.73. The monoisotopic (exact) mass is 279 g/mol. The van der Waals surface area contributed by atoms with E-state index in [0.29, 0.717) is 12.3 Å². The lowest BCUT2D eigenvalue weighted by atomic mass is 10.0. The maximum Gasteiger partial charge on any atom is 0.355 e. The number of carbonyl (C=O) groups excluding carboxylic acids is 1. The first-order chi connectivity index (χ1) is 10.2. The summed E-state index contributed by atoms with van der Waals surface area (Å²) in [5, 5.41) is 1.06. The summed E-state index contributed by atoms with van der Waals surface area (Å²) in [6.45, 7) is 4.13. The van der Waals surface area contributed by atoms with Gasteiger partial charge >= 0.3 is 5.97 Å². The van der Waals surface area contributed by atoms with Gasteiger partial charge < -0.3 is 9.72 Å². The van der Waals surface area contributed by atoms with Gasteiger partial charge in [-0.3, -0.25) is 0 Å². The summed E-state index contributed by atoms with van der Waals surface area (Å²) in [5.74, 6) is -0.299. The minimum absolute atomic E-state index is 0.299. The van der Waals surface area contributed by atoms with Crippen LogP contribution in [0.25, 0.3) is 22.0 Å². The fourth-order valence-electron chi connectivity index (χ4n) is 2.54. The SMILES string of the molecule is CCOC(=O)c1[nH]c2ccc(-c3ccccc3)cc2c1C. The normalized spacial score (nSPS) is 10.8. The fraction of sp³-hybridized carbons (Fsp3) is 0.167. The third kappa shape index (κ3) is 2.42. The second-order valence-electron chi connectivity index (χ2n) is 4.97. The van der Waals surface area contributed by atoms with E-state index in [0.717, 1.165) is 27.6 Å². The zero-order valence-electron chi connectivity index (χ0n) is 12.1. The van der Waals surface area contributed by atoms with Crippen LogP contribution in [-0.2, 0) is 4.74 Å². The third-order valence-electron chi connectivity index (χ3n) is 3.64. The highest BCUT2D eigenvalue weighted by Crippen LogP contribution is 2.28. The average molecular weight is 279 g/mol. The molecule has 0 fully saturated rings. The van der Waals surface area contributed by atoms with Gasteiger partial charge in [-0.25, -0.2) is 4.79 Å². The summed E-state index contributed by atoms with van der Waals surface area (Å²) in [4.78, 5) is 15.1. The lowest BCUT2D eigenvalue weighted by Gasteiger charge is -2.02. The summed E-state index contributed by atoms with van der Waals surface area (Å²) >= 11 is 0. The van der Waals surface area contributed by atoms with Crippen LogP contribution in [0.4, 0.5) is 0 Å². The number of aryl methyl sites for hydroxylation is 1. The number of hydrogen-bond donors (Lipinski definition) is 1. The molecule has 0 aliphatic rings. The van der Waals surface area contributed by atoms with E-state index in [2.05, 4.69) is 29.2 Å². The Morgan fingerprint density at radius 1 is 1.10 bits per heavy atom. The Bertz CT molecular complexity index is 788. The molecule has 106 valence electrons. The maximum atomic E-state index is 11.9. The van der Waals surface area contributed by atoms with Crippen molar-refractivity contribution in [2.75, 3.05) is 6.61 Å². The van der Waals surface area contributed by atoms with Crippen molar-refractivity contribution in [3.05, 3.63) is 59.8 Å². The minimum Gasteiger partial charge on any atom is -0.461 e. The van der Waals surface area contributed by atoms with E-state index in [1.54, 1.807) is 0 Å². The van der Waals surface area contributed by atoms with Crippen LogP contribution in [0.2, 0.25) is 0 Å². The van der Waals surface area contributed by atoms with Gasteiger partial charge in [-0.05, 0) is 42.7 Å². The number of ether oxygens (including phenoxy) is 1. The first-order valence-electron chi connectivity index (χ1n) is 7.05. The molecule has 0 saturated heterocycles. The largest absolute Gasteiger partial charge is 0.461 e. The minimum atomic E-state index is -0.299. The number of fused-ring (bicyclic) bond motifs is 1. The van der Waals surface area contributed by atoms with Crippen LogP contribution in [0.3, 0.4) is 0 Å². The van der Waals surface area contributed by atoms with Gasteiger partial charge in [0.25, 0.3) is 0 Å². The van der Waals surface area contributed by atoms with Gasteiger partial charge in [0.15, 0.2) is 0 Å². The molecule has 0 aliphatic carbocycles. The second-order valence-corrected chi connectivity index (χ2v) is 4.97. The number of benzene rings is 2. The number of aromatic amines is 1. The Kier molecular flexibility index (Phi) is 3.48. The number of H-pyrrole nitrogens is 1. The molecule has 0 atom stereocenters. The zero-order valence-corrected chi connectivity index (χ0v) is 12.1. The molecular formula is C18H17NO2. The van der Waals surface area contributed by atoms with E-state index in [9.17, 15) is 4.79 Å². The molecule has 0 amide bonds. The standard InChI is InChI=1S/C18H17NO2/c1-3-21-18(20)17-12(2)15-11-14(9-10-16(15)19-17)13-7-5-4-6-8-13/h4-11,19H,3H2,1-2H3. The molecule has 0 unspecified atom stereocenters. The summed E-state index contributed by atoms with van der Waals surface area (Å²) < 4.78 is 5.08. The predicted molar refractivity (Wildman–Crippen MR) is 84.4 cm³/mol. The van der Waals surface area contributed by atoms with E-state index in [4.69, 9.17) is 4.74 Å². The average Bonchev–Trinajstić information content (AvgIpc) is 2.85. The highest BCUT2D eigenvalue weighted by molar-refractivity contribution is 5.99. The van der Waals surface area contributed by atoms with E-state index >= 15 is 0 Å². The molecular weight excluding hydrogens is 262 g/mol. The van der Waals surface area contributed by atoms with Crippen molar-refractivity contribution in [2.45, 2.75) is 13.8 Å². The van der Waals surface area contributed by atoms with Gasteiger partial charge in [-0.1, -0.05) is 36.4 Å². The maximum absolute atomic E-state index is 11.9. The lowest BCUT2D eigenvalue weighted by molar-refractivity contribution is 0.0520. The van der Waals surface area contributed by atoms with Crippen molar-refractivity contribution in [1.82, 2.24) is 4.98 Å². The molecule has 3 nitrogen and oxygen atoms in total. The summed E-state index contributed by atoms with van der Waals surface area (Å²) in [7, 11) is 0.